The predicted molar refractivity (Wildman–Crippen MR) is 98.8 cm³/mol. The second-order valence-electron chi connectivity index (χ2n) is 7.32. The molecule has 134 valence electrons. The van der Waals surface area contributed by atoms with Gasteiger partial charge in [-0.15, -0.1) is 0 Å². The van der Waals surface area contributed by atoms with E-state index in [1.807, 2.05) is 0 Å². The third-order valence-electron chi connectivity index (χ3n) is 5.55. The lowest BCUT2D eigenvalue weighted by Gasteiger charge is -2.27. The summed E-state index contributed by atoms with van der Waals surface area (Å²) >= 11 is 0. The lowest BCUT2D eigenvalue weighted by molar-refractivity contribution is -0.125. The molecule has 5 nitrogen and oxygen atoms in total. The Bertz CT molecular complexity index is 762. The SMILES string of the molecule is Cc1ccc2[nH]c3c(c2c1)CC(C(=O)NCCN1CCOCC1)CC3. The van der Waals surface area contributed by atoms with Crippen molar-refractivity contribution < 1.29 is 9.53 Å². The van der Waals surface area contributed by atoms with Gasteiger partial charge in [0, 0.05) is 48.7 Å². The first-order chi connectivity index (χ1) is 12.2. The maximum atomic E-state index is 12.6. The van der Waals surface area contributed by atoms with Gasteiger partial charge in [0.05, 0.1) is 13.2 Å². The molecule has 1 amide bonds. The average molecular weight is 341 g/mol. The number of hydrogen-bond donors (Lipinski definition) is 2. The van der Waals surface area contributed by atoms with E-state index in [9.17, 15) is 4.79 Å². The Balaban J connectivity index is 1.37. The normalized spacial score (nSPS) is 21.2. The van der Waals surface area contributed by atoms with Crippen molar-refractivity contribution >= 4 is 16.8 Å². The molecule has 0 bridgehead atoms. The van der Waals surface area contributed by atoms with Gasteiger partial charge in [-0.1, -0.05) is 11.6 Å². The summed E-state index contributed by atoms with van der Waals surface area (Å²) in [6.45, 7) is 7.32. The number of benzene rings is 1. The number of nitrogens with zero attached hydrogens (tertiary/aromatic N) is 1. The summed E-state index contributed by atoms with van der Waals surface area (Å²) in [6, 6.07) is 6.53. The lowest BCUT2D eigenvalue weighted by atomic mass is 9.85. The van der Waals surface area contributed by atoms with Crippen LogP contribution in [0.3, 0.4) is 0 Å². The monoisotopic (exact) mass is 341 g/mol. The van der Waals surface area contributed by atoms with Crippen LogP contribution < -0.4 is 5.32 Å². The van der Waals surface area contributed by atoms with Crippen LogP contribution in [0.4, 0.5) is 0 Å². The maximum Gasteiger partial charge on any atom is 0.223 e. The highest BCUT2D eigenvalue weighted by Gasteiger charge is 2.27. The zero-order valence-corrected chi connectivity index (χ0v) is 14.9. The molecule has 1 aromatic heterocycles. The molecule has 1 aromatic carbocycles. The van der Waals surface area contributed by atoms with E-state index in [4.69, 9.17) is 4.74 Å². The van der Waals surface area contributed by atoms with Crippen LogP contribution in [0.1, 0.15) is 23.2 Å². The van der Waals surface area contributed by atoms with Gasteiger partial charge in [0.1, 0.15) is 0 Å². The predicted octanol–water partition coefficient (Wildman–Crippen LogP) is 2.03. The van der Waals surface area contributed by atoms with E-state index in [-0.39, 0.29) is 11.8 Å². The zero-order chi connectivity index (χ0) is 17.2. The van der Waals surface area contributed by atoms with E-state index in [1.165, 1.54) is 27.7 Å². The van der Waals surface area contributed by atoms with Crippen LogP contribution in [-0.4, -0.2) is 55.2 Å². The highest BCUT2D eigenvalue weighted by Crippen LogP contribution is 2.32. The van der Waals surface area contributed by atoms with E-state index in [1.54, 1.807) is 0 Å². The van der Waals surface area contributed by atoms with Gasteiger partial charge < -0.3 is 15.0 Å². The Kier molecular flexibility index (Phi) is 4.77. The van der Waals surface area contributed by atoms with Gasteiger partial charge in [0.25, 0.3) is 0 Å². The molecule has 1 saturated heterocycles. The first-order valence-corrected chi connectivity index (χ1v) is 9.38. The van der Waals surface area contributed by atoms with E-state index < -0.39 is 0 Å². The summed E-state index contributed by atoms with van der Waals surface area (Å²) in [5, 5.41) is 4.44. The molecule has 2 heterocycles. The average Bonchev–Trinajstić information content (AvgIpc) is 2.99. The van der Waals surface area contributed by atoms with Gasteiger partial charge >= 0.3 is 0 Å². The van der Waals surface area contributed by atoms with Crippen molar-refractivity contribution in [1.29, 1.82) is 0 Å². The van der Waals surface area contributed by atoms with Gasteiger partial charge in [-0.25, -0.2) is 0 Å². The minimum absolute atomic E-state index is 0.0942. The topological polar surface area (TPSA) is 57.4 Å². The molecule has 1 fully saturated rings. The molecule has 1 aliphatic carbocycles. The molecule has 0 radical (unpaired) electrons. The van der Waals surface area contributed by atoms with Gasteiger partial charge in [0.15, 0.2) is 0 Å². The number of H-pyrrole nitrogens is 1. The van der Waals surface area contributed by atoms with E-state index >= 15 is 0 Å². The number of ether oxygens (including phenoxy) is 1. The standard InChI is InChI=1S/C20H27N3O2/c1-14-2-4-18-16(12-14)17-13-15(3-5-19(17)22-18)20(24)21-6-7-23-8-10-25-11-9-23/h2,4,12,15,22H,3,5-11,13H2,1H3,(H,21,24). The molecule has 2 aliphatic rings. The minimum Gasteiger partial charge on any atom is -0.379 e. The summed E-state index contributed by atoms with van der Waals surface area (Å²) in [6.07, 6.45) is 2.75. The number of fused-ring (bicyclic) bond motifs is 3. The van der Waals surface area contributed by atoms with E-state index in [0.29, 0.717) is 0 Å². The van der Waals surface area contributed by atoms with Gasteiger partial charge in [-0.3, -0.25) is 9.69 Å². The van der Waals surface area contributed by atoms with Gasteiger partial charge in [0.2, 0.25) is 5.91 Å². The molecule has 25 heavy (non-hydrogen) atoms. The van der Waals surface area contributed by atoms with Crippen molar-refractivity contribution in [2.24, 2.45) is 5.92 Å². The summed E-state index contributed by atoms with van der Waals surface area (Å²) < 4.78 is 5.36. The van der Waals surface area contributed by atoms with E-state index in [2.05, 4.69) is 40.3 Å². The minimum atomic E-state index is 0.0942. The summed E-state index contributed by atoms with van der Waals surface area (Å²) in [5.74, 6) is 0.303. The fourth-order valence-electron chi connectivity index (χ4n) is 4.06. The lowest BCUT2D eigenvalue weighted by Crippen LogP contribution is -2.43. The highest BCUT2D eigenvalue weighted by atomic mass is 16.5. The quantitative estimate of drug-likeness (QED) is 0.895. The number of rotatable bonds is 4. The second kappa shape index (κ2) is 7.18. The zero-order valence-electron chi connectivity index (χ0n) is 14.9. The number of morpholine rings is 1. The fraction of sp³-hybridized carbons (Fsp3) is 0.550. The first-order valence-electron chi connectivity index (χ1n) is 9.38. The molecule has 0 spiro atoms. The van der Waals surface area contributed by atoms with Crippen molar-refractivity contribution in [3.63, 3.8) is 0 Å². The van der Waals surface area contributed by atoms with Crippen LogP contribution in [0.15, 0.2) is 18.2 Å². The molecular weight excluding hydrogens is 314 g/mol. The summed E-state index contributed by atoms with van der Waals surface area (Å²) in [7, 11) is 0. The number of hydrogen-bond acceptors (Lipinski definition) is 3. The highest BCUT2D eigenvalue weighted by molar-refractivity contribution is 5.87. The van der Waals surface area contributed by atoms with Crippen LogP contribution in [0.5, 0.6) is 0 Å². The number of aromatic amines is 1. The summed E-state index contributed by atoms with van der Waals surface area (Å²) in [5.41, 5.74) is 5.13. The number of aromatic nitrogens is 1. The maximum absolute atomic E-state index is 12.6. The summed E-state index contributed by atoms with van der Waals surface area (Å²) in [4.78, 5) is 18.5. The smallest absolute Gasteiger partial charge is 0.223 e. The van der Waals surface area contributed by atoms with Crippen molar-refractivity contribution in [2.75, 3.05) is 39.4 Å². The Morgan fingerprint density at radius 2 is 2.20 bits per heavy atom. The van der Waals surface area contributed by atoms with Gasteiger partial charge in [-0.2, -0.15) is 0 Å². The Labute approximate surface area is 148 Å². The Morgan fingerprint density at radius 1 is 1.36 bits per heavy atom. The van der Waals surface area contributed by atoms with Crippen LogP contribution in [0, 0.1) is 12.8 Å². The molecule has 4 rings (SSSR count). The van der Waals surface area contributed by atoms with Crippen molar-refractivity contribution in [3.8, 4) is 0 Å². The third kappa shape index (κ3) is 3.58. The molecule has 2 N–H and O–H groups in total. The molecule has 0 saturated carbocycles. The molecule has 1 atom stereocenters. The van der Waals surface area contributed by atoms with Crippen LogP contribution in [0.2, 0.25) is 0 Å². The second-order valence-corrected chi connectivity index (χ2v) is 7.32. The molecule has 1 aliphatic heterocycles. The van der Waals surface area contributed by atoms with Crippen LogP contribution in [0.25, 0.3) is 10.9 Å². The Morgan fingerprint density at radius 3 is 3.04 bits per heavy atom. The number of aryl methyl sites for hydroxylation is 2. The molecule has 2 aromatic rings. The fourth-order valence-corrected chi connectivity index (χ4v) is 4.06. The van der Waals surface area contributed by atoms with Crippen molar-refractivity contribution in [3.05, 3.63) is 35.0 Å². The molecule has 5 heteroatoms. The number of carbonyl (C=O) groups is 1. The van der Waals surface area contributed by atoms with Crippen LogP contribution in [-0.2, 0) is 22.4 Å². The third-order valence-corrected chi connectivity index (χ3v) is 5.55. The molecular formula is C20H27N3O2. The van der Waals surface area contributed by atoms with Crippen molar-refractivity contribution in [1.82, 2.24) is 15.2 Å². The number of amides is 1. The Hall–Kier alpha value is -1.85. The number of carbonyl (C=O) groups excluding carboxylic acids is 1. The number of nitrogens with one attached hydrogen (secondary N) is 2. The van der Waals surface area contributed by atoms with Gasteiger partial charge in [-0.05, 0) is 43.9 Å². The van der Waals surface area contributed by atoms with Crippen molar-refractivity contribution in [2.45, 2.75) is 26.2 Å². The first kappa shape index (κ1) is 16.6. The molecule has 1 unspecified atom stereocenters. The largest absolute Gasteiger partial charge is 0.379 e. The van der Waals surface area contributed by atoms with Crippen LogP contribution >= 0.6 is 0 Å². The van der Waals surface area contributed by atoms with E-state index in [0.717, 1.165) is 58.7 Å².